The van der Waals surface area contributed by atoms with Crippen LogP contribution >= 0.6 is 0 Å². The van der Waals surface area contributed by atoms with Crippen LogP contribution in [0.5, 0.6) is 5.75 Å². The fraction of sp³-hybridized carbons (Fsp3) is 0.500. The molecule has 2 rings (SSSR count). The number of benzene rings is 1. The Labute approximate surface area is 124 Å². The highest BCUT2D eigenvalue weighted by molar-refractivity contribution is 5.96. The second-order valence-electron chi connectivity index (χ2n) is 5.35. The van der Waals surface area contributed by atoms with Gasteiger partial charge < -0.3 is 15.2 Å². The molecule has 0 spiro atoms. The maximum Gasteiger partial charge on any atom is 0.326 e. The molecule has 1 unspecified atom stereocenters. The number of hydrogen-bond donors (Lipinski definition) is 2. The minimum atomic E-state index is -0.967. The fourth-order valence-electron chi connectivity index (χ4n) is 2.07. The lowest BCUT2D eigenvalue weighted by Gasteiger charge is -2.13. The van der Waals surface area contributed by atoms with E-state index in [1.165, 1.54) is 0 Å². The average molecular weight is 291 g/mol. The summed E-state index contributed by atoms with van der Waals surface area (Å²) in [5.41, 5.74) is 0.449. The van der Waals surface area contributed by atoms with E-state index in [1.807, 2.05) is 0 Å². The minimum absolute atomic E-state index is 0.0723. The zero-order valence-corrected chi connectivity index (χ0v) is 12.2. The number of ether oxygens (including phenoxy) is 1. The Balaban J connectivity index is 1.91. The Morgan fingerprint density at radius 2 is 2.00 bits per heavy atom. The van der Waals surface area contributed by atoms with E-state index in [9.17, 15) is 9.59 Å². The molecule has 2 N–H and O–H groups in total. The van der Waals surface area contributed by atoms with Crippen LogP contribution in [0.3, 0.4) is 0 Å². The molecule has 5 nitrogen and oxygen atoms in total. The Bertz CT molecular complexity index is 494. The summed E-state index contributed by atoms with van der Waals surface area (Å²) < 4.78 is 5.52. The first-order chi connectivity index (χ1) is 10.1. The van der Waals surface area contributed by atoms with Crippen LogP contribution in [0.15, 0.2) is 24.3 Å². The maximum atomic E-state index is 12.0. The number of unbranched alkanes of at least 4 members (excludes halogenated alkanes) is 1. The van der Waals surface area contributed by atoms with Crippen LogP contribution in [0, 0.1) is 5.92 Å². The summed E-state index contributed by atoms with van der Waals surface area (Å²) in [6.45, 7) is 2.75. The number of rotatable bonds is 8. The third-order valence-corrected chi connectivity index (χ3v) is 3.53. The minimum Gasteiger partial charge on any atom is -0.494 e. The second kappa shape index (κ2) is 7.11. The molecule has 114 valence electrons. The zero-order chi connectivity index (χ0) is 15.2. The van der Waals surface area contributed by atoms with Gasteiger partial charge in [-0.15, -0.1) is 0 Å². The lowest BCUT2D eigenvalue weighted by Crippen LogP contribution is -2.42. The molecule has 21 heavy (non-hydrogen) atoms. The van der Waals surface area contributed by atoms with Crippen LogP contribution in [0.4, 0.5) is 0 Å². The first-order valence-corrected chi connectivity index (χ1v) is 7.38. The van der Waals surface area contributed by atoms with Crippen molar-refractivity contribution < 1.29 is 19.4 Å². The molecule has 1 aliphatic rings. The number of amides is 1. The van der Waals surface area contributed by atoms with Crippen LogP contribution in [-0.2, 0) is 4.79 Å². The number of aliphatic carboxylic acids is 1. The van der Waals surface area contributed by atoms with Gasteiger partial charge in [0, 0.05) is 5.56 Å². The Kier molecular flexibility index (Phi) is 5.20. The molecule has 0 heterocycles. The second-order valence-corrected chi connectivity index (χ2v) is 5.35. The molecule has 0 saturated heterocycles. The maximum absolute atomic E-state index is 12.0. The van der Waals surface area contributed by atoms with Crippen LogP contribution in [-0.4, -0.2) is 29.6 Å². The smallest absolute Gasteiger partial charge is 0.326 e. The van der Waals surface area contributed by atoms with E-state index >= 15 is 0 Å². The van der Waals surface area contributed by atoms with Gasteiger partial charge in [-0.1, -0.05) is 13.3 Å². The highest BCUT2D eigenvalue weighted by atomic mass is 16.5. The molecule has 1 aliphatic carbocycles. The molecular formula is C16H21NO4. The van der Waals surface area contributed by atoms with Crippen molar-refractivity contribution in [2.75, 3.05) is 6.61 Å². The SMILES string of the molecule is CCCCOc1ccc(C(=O)NC(C(=O)O)C2CC2)cc1. The Morgan fingerprint density at radius 1 is 1.33 bits per heavy atom. The van der Waals surface area contributed by atoms with Crippen molar-refractivity contribution in [3.8, 4) is 5.75 Å². The lowest BCUT2D eigenvalue weighted by molar-refractivity contribution is -0.139. The standard InChI is InChI=1S/C16H21NO4/c1-2-3-10-21-13-8-6-12(7-9-13)15(18)17-14(16(19)20)11-4-5-11/h6-9,11,14H,2-5,10H2,1H3,(H,17,18)(H,19,20). The van der Waals surface area contributed by atoms with Crippen molar-refractivity contribution in [1.82, 2.24) is 5.32 Å². The van der Waals surface area contributed by atoms with Crippen LogP contribution in [0.1, 0.15) is 43.0 Å². The van der Waals surface area contributed by atoms with Gasteiger partial charge >= 0.3 is 5.97 Å². The van der Waals surface area contributed by atoms with E-state index in [1.54, 1.807) is 24.3 Å². The molecule has 0 aliphatic heterocycles. The molecule has 0 bridgehead atoms. The third-order valence-electron chi connectivity index (χ3n) is 3.53. The van der Waals surface area contributed by atoms with Gasteiger partial charge in [-0.05, 0) is 49.4 Å². The molecule has 1 amide bonds. The number of carbonyl (C=O) groups is 2. The van der Waals surface area contributed by atoms with Crippen molar-refractivity contribution in [1.29, 1.82) is 0 Å². The summed E-state index contributed by atoms with van der Waals surface area (Å²) in [5, 5.41) is 11.7. The first kappa shape index (κ1) is 15.4. The number of carboxylic acid groups (broad SMARTS) is 1. The lowest BCUT2D eigenvalue weighted by atomic mass is 10.1. The van der Waals surface area contributed by atoms with E-state index in [2.05, 4.69) is 12.2 Å². The number of carbonyl (C=O) groups excluding carboxylic acids is 1. The number of hydrogen-bond acceptors (Lipinski definition) is 3. The molecule has 0 radical (unpaired) electrons. The number of carboxylic acids is 1. The molecule has 0 aromatic heterocycles. The van der Waals surface area contributed by atoms with Gasteiger partial charge in [-0.25, -0.2) is 4.79 Å². The monoisotopic (exact) mass is 291 g/mol. The normalized spacial score (nSPS) is 15.3. The van der Waals surface area contributed by atoms with Crippen molar-refractivity contribution in [3.05, 3.63) is 29.8 Å². The summed E-state index contributed by atoms with van der Waals surface area (Å²) in [5.74, 6) is -0.528. The van der Waals surface area contributed by atoms with Gasteiger partial charge in [0.1, 0.15) is 11.8 Å². The summed E-state index contributed by atoms with van der Waals surface area (Å²) in [6, 6.07) is 6.00. The molecule has 1 aromatic carbocycles. The molecule has 1 atom stereocenters. The van der Waals surface area contributed by atoms with Crippen LogP contribution in [0.25, 0.3) is 0 Å². The summed E-state index contributed by atoms with van der Waals surface area (Å²) >= 11 is 0. The Hall–Kier alpha value is -2.04. The van der Waals surface area contributed by atoms with Gasteiger partial charge in [0.05, 0.1) is 6.61 Å². The molecule has 5 heteroatoms. The van der Waals surface area contributed by atoms with Gasteiger partial charge in [-0.3, -0.25) is 4.79 Å². The largest absolute Gasteiger partial charge is 0.494 e. The van der Waals surface area contributed by atoms with E-state index in [0.717, 1.165) is 31.4 Å². The van der Waals surface area contributed by atoms with E-state index in [0.29, 0.717) is 12.2 Å². The van der Waals surface area contributed by atoms with Gasteiger partial charge in [0.2, 0.25) is 0 Å². The highest BCUT2D eigenvalue weighted by Gasteiger charge is 2.37. The van der Waals surface area contributed by atoms with Crippen LogP contribution in [0.2, 0.25) is 0 Å². The predicted molar refractivity (Wildman–Crippen MR) is 78.5 cm³/mol. The van der Waals surface area contributed by atoms with Gasteiger partial charge in [-0.2, -0.15) is 0 Å². The zero-order valence-electron chi connectivity index (χ0n) is 12.2. The van der Waals surface area contributed by atoms with E-state index in [4.69, 9.17) is 9.84 Å². The van der Waals surface area contributed by atoms with Crippen molar-refractivity contribution in [3.63, 3.8) is 0 Å². The Morgan fingerprint density at radius 3 is 2.52 bits per heavy atom. The van der Waals surface area contributed by atoms with Gasteiger partial charge in [0.15, 0.2) is 0 Å². The highest BCUT2D eigenvalue weighted by Crippen LogP contribution is 2.32. The van der Waals surface area contributed by atoms with Crippen LogP contribution < -0.4 is 10.1 Å². The average Bonchev–Trinajstić information content (AvgIpc) is 3.29. The first-order valence-electron chi connectivity index (χ1n) is 7.38. The summed E-state index contributed by atoms with van der Waals surface area (Å²) in [7, 11) is 0. The van der Waals surface area contributed by atoms with Crippen molar-refractivity contribution in [2.45, 2.75) is 38.6 Å². The van der Waals surface area contributed by atoms with E-state index < -0.39 is 12.0 Å². The predicted octanol–water partition coefficient (Wildman–Crippen LogP) is 2.46. The molecule has 1 aromatic rings. The fourth-order valence-corrected chi connectivity index (χ4v) is 2.07. The molecule has 1 saturated carbocycles. The molecular weight excluding hydrogens is 270 g/mol. The van der Waals surface area contributed by atoms with Crippen molar-refractivity contribution >= 4 is 11.9 Å². The number of nitrogens with one attached hydrogen (secondary N) is 1. The van der Waals surface area contributed by atoms with E-state index in [-0.39, 0.29) is 11.8 Å². The van der Waals surface area contributed by atoms with Gasteiger partial charge in [0.25, 0.3) is 5.91 Å². The summed E-state index contributed by atoms with van der Waals surface area (Å²) in [4.78, 5) is 23.2. The van der Waals surface area contributed by atoms with Crippen molar-refractivity contribution in [2.24, 2.45) is 5.92 Å². The summed E-state index contributed by atoms with van der Waals surface area (Å²) in [6.07, 6.45) is 3.78. The quantitative estimate of drug-likeness (QED) is 0.721. The third kappa shape index (κ3) is 4.48. The molecule has 1 fully saturated rings. The topological polar surface area (TPSA) is 75.6 Å².